The van der Waals surface area contributed by atoms with E-state index in [0.29, 0.717) is 6.04 Å². The Morgan fingerprint density at radius 3 is 2.82 bits per heavy atom. The minimum atomic E-state index is -0.117. The van der Waals surface area contributed by atoms with Gasteiger partial charge in [-0.1, -0.05) is 42.8 Å². The van der Waals surface area contributed by atoms with Gasteiger partial charge in [-0.15, -0.1) is 0 Å². The summed E-state index contributed by atoms with van der Waals surface area (Å²) in [6, 6.07) is 10.6. The Balaban J connectivity index is 1.70. The largest absolute Gasteiger partial charge is 0.352 e. The second-order valence-electron chi connectivity index (χ2n) is 6.04. The topological polar surface area (TPSA) is 42.0 Å². The predicted octanol–water partition coefficient (Wildman–Crippen LogP) is 4.08. The molecular weight excluding hydrogens is 292 g/mol. The van der Waals surface area contributed by atoms with Gasteiger partial charge >= 0.3 is 0 Å². The van der Waals surface area contributed by atoms with Crippen LogP contribution in [0.2, 0.25) is 0 Å². The number of amides is 1. The van der Waals surface area contributed by atoms with Gasteiger partial charge in [0, 0.05) is 11.4 Å². The molecule has 0 radical (unpaired) electrons. The maximum atomic E-state index is 12.3. The summed E-state index contributed by atoms with van der Waals surface area (Å²) in [5, 5.41) is 5.14. The van der Waals surface area contributed by atoms with Crippen LogP contribution >= 0.6 is 11.8 Å². The van der Waals surface area contributed by atoms with E-state index >= 15 is 0 Å². The number of hydrogen-bond donors (Lipinski definition) is 1. The molecule has 116 valence electrons. The van der Waals surface area contributed by atoms with Gasteiger partial charge < -0.3 is 5.32 Å². The molecule has 3 nitrogen and oxygen atoms in total. The summed E-state index contributed by atoms with van der Waals surface area (Å²) < 4.78 is 0. The Hall–Kier alpha value is -1.55. The molecule has 1 aromatic carbocycles. The summed E-state index contributed by atoms with van der Waals surface area (Å²) in [4.78, 5) is 17.0. The monoisotopic (exact) mass is 314 g/mol. The van der Waals surface area contributed by atoms with Gasteiger partial charge in [-0.2, -0.15) is 0 Å². The lowest BCUT2D eigenvalue weighted by Crippen LogP contribution is -2.37. The van der Waals surface area contributed by atoms with Crippen LogP contribution in [0.1, 0.15) is 38.2 Å². The number of carbonyl (C=O) groups excluding carboxylic acids is 1. The second kappa shape index (κ2) is 6.69. The van der Waals surface area contributed by atoms with Gasteiger partial charge in [0.15, 0.2) is 0 Å². The van der Waals surface area contributed by atoms with E-state index in [-0.39, 0.29) is 11.2 Å². The highest BCUT2D eigenvalue weighted by Crippen LogP contribution is 2.27. The molecule has 1 aliphatic rings. The number of thioether (sulfide) groups is 1. The van der Waals surface area contributed by atoms with Crippen molar-refractivity contribution >= 4 is 28.6 Å². The Morgan fingerprint density at radius 2 is 2.05 bits per heavy atom. The number of nitrogens with one attached hydrogen (secondary N) is 1. The van der Waals surface area contributed by atoms with E-state index in [2.05, 4.69) is 29.4 Å². The standard InChI is InChI=1S/C18H22N2OS/c1-12-11-17(20-16-10-6-5-9-15(12)16)22-13(2)18(21)19-14-7-3-4-8-14/h5-6,9-11,13-14H,3-4,7-8H2,1-2H3,(H,19,21)/t13-/m0/s1. The highest BCUT2D eigenvalue weighted by Gasteiger charge is 2.21. The summed E-state index contributed by atoms with van der Waals surface area (Å²) in [6.07, 6.45) is 4.71. The van der Waals surface area contributed by atoms with Gasteiger partial charge in [0.2, 0.25) is 5.91 Å². The average Bonchev–Trinajstić information content (AvgIpc) is 3.00. The average molecular weight is 314 g/mol. The highest BCUT2D eigenvalue weighted by atomic mass is 32.2. The number of benzene rings is 1. The minimum Gasteiger partial charge on any atom is -0.352 e. The molecule has 1 atom stereocenters. The van der Waals surface area contributed by atoms with Gasteiger partial charge in [-0.25, -0.2) is 4.98 Å². The van der Waals surface area contributed by atoms with E-state index in [1.54, 1.807) is 11.8 Å². The van der Waals surface area contributed by atoms with Crippen LogP contribution in [0, 0.1) is 6.92 Å². The molecule has 22 heavy (non-hydrogen) atoms. The van der Waals surface area contributed by atoms with E-state index in [9.17, 15) is 4.79 Å². The van der Waals surface area contributed by atoms with E-state index in [1.165, 1.54) is 23.8 Å². The molecule has 1 aliphatic carbocycles. The van der Waals surface area contributed by atoms with Crippen molar-refractivity contribution in [1.29, 1.82) is 0 Å². The Kier molecular flexibility index (Phi) is 4.67. The van der Waals surface area contributed by atoms with E-state index in [0.717, 1.165) is 23.4 Å². The van der Waals surface area contributed by atoms with Gasteiger partial charge in [0.25, 0.3) is 0 Å². The van der Waals surface area contributed by atoms with E-state index < -0.39 is 0 Å². The van der Waals surface area contributed by atoms with Gasteiger partial charge in [-0.3, -0.25) is 4.79 Å². The molecule has 1 amide bonds. The molecule has 1 saturated carbocycles. The van der Waals surface area contributed by atoms with Crippen LogP contribution in [0.15, 0.2) is 35.4 Å². The zero-order chi connectivity index (χ0) is 15.5. The molecule has 0 aliphatic heterocycles. The van der Waals surface area contributed by atoms with Crippen LogP contribution in [-0.2, 0) is 4.79 Å². The SMILES string of the molecule is Cc1cc(S[C@@H](C)C(=O)NC2CCCC2)nc2ccccc12. The fourth-order valence-electron chi connectivity index (χ4n) is 3.00. The molecule has 0 unspecified atom stereocenters. The quantitative estimate of drug-likeness (QED) is 0.865. The molecule has 0 bridgehead atoms. The maximum Gasteiger partial charge on any atom is 0.233 e. The first-order valence-electron chi connectivity index (χ1n) is 7.97. The fourth-order valence-corrected chi connectivity index (χ4v) is 3.94. The number of fused-ring (bicyclic) bond motifs is 1. The Labute approximate surface area is 135 Å². The molecule has 1 heterocycles. The molecule has 1 aromatic heterocycles. The van der Waals surface area contributed by atoms with Crippen molar-refractivity contribution in [3.05, 3.63) is 35.9 Å². The first-order chi connectivity index (χ1) is 10.6. The number of aryl methyl sites for hydroxylation is 1. The van der Waals surface area contributed by atoms with Crippen molar-refractivity contribution in [2.75, 3.05) is 0 Å². The van der Waals surface area contributed by atoms with Gasteiger partial charge in [-0.05, 0) is 44.4 Å². The first-order valence-corrected chi connectivity index (χ1v) is 8.85. The zero-order valence-corrected chi connectivity index (χ0v) is 14.0. The molecule has 0 saturated heterocycles. The van der Waals surface area contributed by atoms with Crippen molar-refractivity contribution in [2.24, 2.45) is 0 Å². The van der Waals surface area contributed by atoms with Crippen molar-refractivity contribution in [1.82, 2.24) is 10.3 Å². The molecule has 2 aromatic rings. The molecule has 1 N–H and O–H groups in total. The summed E-state index contributed by atoms with van der Waals surface area (Å²) in [6.45, 7) is 4.05. The number of para-hydroxylation sites is 1. The lowest BCUT2D eigenvalue weighted by molar-refractivity contribution is -0.120. The summed E-state index contributed by atoms with van der Waals surface area (Å²) >= 11 is 1.54. The first kappa shape index (κ1) is 15.3. The van der Waals surface area contributed by atoms with Crippen molar-refractivity contribution < 1.29 is 4.79 Å². The second-order valence-corrected chi connectivity index (χ2v) is 7.41. The van der Waals surface area contributed by atoms with Crippen LogP contribution in [-0.4, -0.2) is 22.2 Å². The lowest BCUT2D eigenvalue weighted by Gasteiger charge is -2.16. The van der Waals surface area contributed by atoms with Gasteiger partial charge in [0.1, 0.15) is 0 Å². The number of pyridine rings is 1. The van der Waals surface area contributed by atoms with Crippen molar-refractivity contribution in [3.8, 4) is 0 Å². The smallest absolute Gasteiger partial charge is 0.233 e. The normalized spacial score (nSPS) is 16.8. The zero-order valence-electron chi connectivity index (χ0n) is 13.1. The Morgan fingerprint density at radius 1 is 1.32 bits per heavy atom. The summed E-state index contributed by atoms with van der Waals surface area (Å²) in [5.74, 6) is 0.129. The molecule has 0 spiro atoms. The minimum absolute atomic E-state index is 0.117. The van der Waals surface area contributed by atoms with Crippen LogP contribution in [0.3, 0.4) is 0 Å². The number of rotatable bonds is 4. The van der Waals surface area contributed by atoms with Crippen molar-refractivity contribution in [2.45, 2.75) is 55.8 Å². The maximum absolute atomic E-state index is 12.3. The third kappa shape index (κ3) is 3.43. The summed E-state index contributed by atoms with van der Waals surface area (Å²) in [7, 11) is 0. The third-order valence-corrected chi connectivity index (χ3v) is 5.29. The van der Waals surface area contributed by atoms with Crippen LogP contribution in [0.5, 0.6) is 0 Å². The van der Waals surface area contributed by atoms with Crippen LogP contribution in [0.25, 0.3) is 10.9 Å². The highest BCUT2D eigenvalue weighted by molar-refractivity contribution is 8.00. The molecule has 4 heteroatoms. The summed E-state index contributed by atoms with van der Waals surface area (Å²) in [5.41, 5.74) is 2.20. The lowest BCUT2D eigenvalue weighted by atomic mass is 10.1. The third-order valence-electron chi connectivity index (χ3n) is 4.27. The van der Waals surface area contributed by atoms with E-state index in [4.69, 9.17) is 0 Å². The number of nitrogens with zero attached hydrogens (tertiary/aromatic N) is 1. The van der Waals surface area contributed by atoms with E-state index in [1.807, 2.05) is 25.1 Å². The number of carbonyl (C=O) groups is 1. The van der Waals surface area contributed by atoms with Crippen LogP contribution < -0.4 is 5.32 Å². The number of aromatic nitrogens is 1. The number of hydrogen-bond acceptors (Lipinski definition) is 3. The van der Waals surface area contributed by atoms with Gasteiger partial charge in [0.05, 0.1) is 15.8 Å². The predicted molar refractivity (Wildman–Crippen MR) is 92.2 cm³/mol. The van der Waals surface area contributed by atoms with Crippen molar-refractivity contribution in [3.63, 3.8) is 0 Å². The Bertz CT molecular complexity index is 680. The fraction of sp³-hybridized carbons (Fsp3) is 0.444. The van der Waals surface area contributed by atoms with Crippen LogP contribution in [0.4, 0.5) is 0 Å². The molecule has 3 rings (SSSR count). The molecule has 1 fully saturated rings. The molecular formula is C18H22N2OS.